The summed E-state index contributed by atoms with van der Waals surface area (Å²) in [6, 6.07) is 6.29. The first-order valence-corrected chi connectivity index (χ1v) is 5.24. The molecule has 1 aromatic heterocycles. The van der Waals surface area contributed by atoms with Crippen LogP contribution in [0.3, 0.4) is 0 Å². The summed E-state index contributed by atoms with van der Waals surface area (Å²) in [7, 11) is 2.04. The van der Waals surface area contributed by atoms with Crippen molar-refractivity contribution in [2.24, 2.45) is 7.05 Å². The highest BCUT2D eigenvalue weighted by Crippen LogP contribution is 2.16. The second-order valence-electron chi connectivity index (χ2n) is 3.52. The Morgan fingerprint density at radius 2 is 2.21 bits per heavy atom. The van der Waals surface area contributed by atoms with Gasteiger partial charge in [0.05, 0.1) is 11.0 Å². The maximum absolute atomic E-state index is 5.71. The number of rotatable bonds is 2. The minimum absolute atomic E-state index is 0.621. The van der Waals surface area contributed by atoms with Crippen LogP contribution in [0.4, 0.5) is 0 Å². The highest BCUT2D eigenvalue weighted by atomic mass is 35.5. The number of fused-ring (bicyclic) bond motifs is 1. The average molecular weight is 209 g/mol. The Hall–Kier alpha value is -1.02. The Balaban J connectivity index is 2.62. The molecule has 2 aromatic rings. The van der Waals surface area contributed by atoms with E-state index in [-0.39, 0.29) is 0 Å². The molecule has 2 nitrogen and oxygen atoms in total. The molecular weight excluding hydrogens is 196 g/mol. The van der Waals surface area contributed by atoms with Gasteiger partial charge in [-0.25, -0.2) is 4.98 Å². The zero-order valence-corrected chi connectivity index (χ0v) is 9.17. The van der Waals surface area contributed by atoms with E-state index in [1.165, 1.54) is 11.1 Å². The fourth-order valence-corrected chi connectivity index (χ4v) is 1.83. The normalized spacial score (nSPS) is 11.1. The van der Waals surface area contributed by atoms with Gasteiger partial charge < -0.3 is 4.57 Å². The van der Waals surface area contributed by atoms with Crippen molar-refractivity contribution in [3.63, 3.8) is 0 Å². The fraction of sp³-hybridized carbons (Fsp3) is 0.364. The van der Waals surface area contributed by atoms with E-state index in [2.05, 4.69) is 34.7 Å². The SMILES string of the molecule is Cc1ccc2nc(CCCl)n(C)c2c1. The van der Waals surface area contributed by atoms with Crippen molar-refractivity contribution in [1.29, 1.82) is 0 Å². The summed E-state index contributed by atoms with van der Waals surface area (Å²) in [5.41, 5.74) is 3.50. The highest BCUT2D eigenvalue weighted by molar-refractivity contribution is 6.17. The molecule has 0 amide bonds. The Kier molecular flexibility index (Phi) is 2.46. The summed E-state index contributed by atoms with van der Waals surface area (Å²) < 4.78 is 2.12. The van der Waals surface area contributed by atoms with Crippen molar-refractivity contribution >= 4 is 22.6 Å². The number of nitrogens with zero attached hydrogens (tertiary/aromatic N) is 2. The lowest BCUT2D eigenvalue weighted by Gasteiger charge is -1.99. The second kappa shape index (κ2) is 3.62. The minimum Gasteiger partial charge on any atom is -0.331 e. The molecule has 0 spiro atoms. The number of alkyl halides is 1. The van der Waals surface area contributed by atoms with Gasteiger partial charge in [0.1, 0.15) is 5.82 Å². The number of benzene rings is 1. The number of hydrogen-bond donors (Lipinski definition) is 0. The minimum atomic E-state index is 0.621. The summed E-state index contributed by atoms with van der Waals surface area (Å²) in [5.74, 6) is 1.68. The first-order valence-electron chi connectivity index (χ1n) is 4.70. The predicted octanol–water partition coefficient (Wildman–Crippen LogP) is 2.66. The number of hydrogen-bond acceptors (Lipinski definition) is 1. The Bertz CT molecular complexity index is 460. The molecule has 3 heteroatoms. The van der Waals surface area contributed by atoms with Crippen LogP contribution in [-0.4, -0.2) is 15.4 Å². The molecule has 1 heterocycles. The van der Waals surface area contributed by atoms with Gasteiger partial charge in [0.25, 0.3) is 0 Å². The van der Waals surface area contributed by atoms with Gasteiger partial charge in [-0.1, -0.05) is 6.07 Å². The zero-order valence-electron chi connectivity index (χ0n) is 8.42. The van der Waals surface area contributed by atoms with Gasteiger partial charge in [0.2, 0.25) is 0 Å². The average Bonchev–Trinajstić information content (AvgIpc) is 2.46. The molecule has 0 saturated carbocycles. The van der Waals surface area contributed by atoms with Gasteiger partial charge in [-0.3, -0.25) is 0 Å². The number of aryl methyl sites for hydroxylation is 3. The summed E-state index contributed by atoms with van der Waals surface area (Å²) in [6.07, 6.45) is 0.825. The molecular formula is C11H13ClN2. The summed E-state index contributed by atoms with van der Waals surface area (Å²) in [5, 5.41) is 0. The standard InChI is InChI=1S/C11H13ClN2/c1-8-3-4-9-10(7-8)14(2)11(13-9)5-6-12/h3-4,7H,5-6H2,1-2H3. The topological polar surface area (TPSA) is 17.8 Å². The Morgan fingerprint density at radius 3 is 2.93 bits per heavy atom. The molecule has 1 aromatic carbocycles. The Morgan fingerprint density at radius 1 is 1.43 bits per heavy atom. The summed E-state index contributed by atoms with van der Waals surface area (Å²) in [6.45, 7) is 2.09. The lowest BCUT2D eigenvalue weighted by molar-refractivity contribution is 0.831. The largest absolute Gasteiger partial charge is 0.331 e. The van der Waals surface area contributed by atoms with Gasteiger partial charge in [0, 0.05) is 19.3 Å². The molecule has 0 unspecified atom stereocenters. The van der Waals surface area contributed by atoms with Crippen molar-refractivity contribution in [3.05, 3.63) is 29.6 Å². The molecule has 14 heavy (non-hydrogen) atoms. The molecule has 0 radical (unpaired) electrons. The van der Waals surface area contributed by atoms with Crippen LogP contribution >= 0.6 is 11.6 Å². The third-order valence-electron chi connectivity index (χ3n) is 2.45. The van der Waals surface area contributed by atoms with Gasteiger partial charge in [0.15, 0.2) is 0 Å². The third-order valence-corrected chi connectivity index (χ3v) is 2.64. The van der Waals surface area contributed by atoms with E-state index >= 15 is 0 Å². The molecule has 0 N–H and O–H groups in total. The monoisotopic (exact) mass is 208 g/mol. The van der Waals surface area contributed by atoms with E-state index < -0.39 is 0 Å². The summed E-state index contributed by atoms with van der Waals surface area (Å²) >= 11 is 5.71. The van der Waals surface area contributed by atoms with E-state index in [0.717, 1.165) is 17.8 Å². The van der Waals surface area contributed by atoms with E-state index in [1.807, 2.05) is 7.05 Å². The third kappa shape index (κ3) is 1.50. The molecule has 74 valence electrons. The van der Waals surface area contributed by atoms with Gasteiger partial charge in [-0.2, -0.15) is 0 Å². The van der Waals surface area contributed by atoms with Gasteiger partial charge >= 0.3 is 0 Å². The van der Waals surface area contributed by atoms with Crippen LogP contribution in [0.25, 0.3) is 11.0 Å². The highest BCUT2D eigenvalue weighted by Gasteiger charge is 2.06. The molecule has 0 saturated heterocycles. The lowest BCUT2D eigenvalue weighted by atomic mass is 10.2. The first kappa shape index (κ1) is 9.53. The van der Waals surface area contributed by atoms with E-state index in [0.29, 0.717) is 5.88 Å². The smallest absolute Gasteiger partial charge is 0.110 e. The van der Waals surface area contributed by atoms with Gasteiger partial charge in [-0.15, -0.1) is 11.6 Å². The number of imidazole rings is 1. The molecule has 0 fully saturated rings. The van der Waals surface area contributed by atoms with Crippen molar-refractivity contribution in [2.75, 3.05) is 5.88 Å². The molecule has 0 bridgehead atoms. The molecule has 0 atom stereocenters. The van der Waals surface area contributed by atoms with E-state index in [4.69, 9.17) is 11.6 Å². The van der Waals surface area contributed by atoms with Crippen molar-refractivity contribution < 1.29 is 0 Å². The van der Waals surface area contributed by atoms with Crippen LogP contribution in [0.15, 0.2) is 18.2 Å². The van der Waals surface area contributed by atoms with Crippen LogP contribution in [0, 0.1) is 6.92 Å². The Labute approximate surface area is 88.5 Å². The number of halogens is 1. The quantitative estimate of drug-likeness (QED) is 0.694. The first-order chi connectivity index (χ1) is 6.72. The maximum atomic E-state index is 5.71. The molecule has 0 aliphatic carbocycles. The van der Waals surface area contributed by atoms with Crippen LogP contribution in [0.1, 0.15) is 11.4 Å². The second-order valence-corrected chi connectivity index (χ2v) is 3.90. The van der Waals surface area contributed by atoms with Crippen LogP contribution in [0.5, 0.6) is 0 Å². The number of aromatic nitrogens is 2. The molecule has 2 rings (SSSR count). The van der Waals surface area contributed by atoms with Crippen molar-refractivity contribution in [1.82, 2.24) is 9.55 Å². The molecule has 0 aliphatic rings. The molecule has 0 aliphatic heterocycles. The predicted molar refractivity (Wildman–Crippen MR) is 59.9 cm³/mol. The van der Waals surface area contributed by atoms with Crippen molar-refractivity contribution in [2.45, 2.75) is 13.3 Å². The lowest BCUT2D eigenvalue weighted by Crippen LogP contribution is -1.98. The maximum Gasteiger partial charge on any atom is 0.110 e. The van der Waals surface area contributed by atoms with Crippen LogP contribution in [-0.2, 0) is 13.5 Å². The summed E-state index contributed by atoms with van der Waals surface area (Å²) in [4.78, 5) is 4.52. The van der Waals surface area contributed by atoms with Gasteiger partial charge in [-0.05, 0) is 24.6 Å². The van der Waals surface area contributed by atoms with E-state index in [9.17, 15) is 0 Å². The van der Waals surface area contributed by atoms with Crippen molar-refractivity contribution in [3.8, 4) is 0 Å². The fourth-order valence-electron chi connectivity index (χ4n) is 1.66. The van der Waals surface area contributed by atoms with Crippen LogP contribution in [0.2, 0.25) is 0 Å². The van der Waals surface area contributed by atoms with E-state index in [1.54, 1.807) is 0 Å². The zero-order chi connectivity index (χ0) is 10.1. The van der Waals surface area contributed by atoms with Crippen LogP contribution < -0.4 is 0 Å².